The van der Waals surface area contributed by atoms with E-state index in [0.29, 0.717) is 18.7 Å². The van der Waals surface area contributed by atoms with Gasteiger partial charge >= 0.3 is 5.97 Å². The SMILES string of the molecule is CC(C(=O)O)C1CN(C(=O)c2c[nH]c3ccccc23)C1. The minimum atomic E-state index is -0.797. The summed E-state index contributed by atoms with van der Waals surface area (Å²) >= 11 is 0. The number of hydrogen-bond acceptors (Lipinski definition) is 2. The summed E-state index contributed by atoms with van der Waals surface area (Å²) in [6.45, 7) is 2.73. The second kappa shape index (κ2) is 4.67. The van der Waals surface area contributed by atoms with E-state index in [4.69, 9.17) is 5.11 Å². The molecule has 5 heteroatoms. The first-order valence-corrected chi connectivity index (χ1v) is 6.66. The average molecular weight is 272 g/mol. The molecule has 0 spiro atoms. The second-order valence-corrected chi connectivity index (χ2v) is 5.35. The van der Waals surface area contributed by atoms with Gasteiger partial charge in [0.05, 0.1) is 11.5 Å². The Morgan fingerprint density at radius 3 is 2.75 bits per heavy atom. The lowest BCUT2D eigenvalue weighted by Crippen LogP contribution is -2.53. The van der Waals surface area contributed by atoms with E-state index >= 15 is 0 Å². The zero-order chi connectivity index (χ0) is 14.3. The zero-order valence-corrected chi connectivity index (χ0v) is 11.2. The van der Waals surface area contributed by atoms with E-state index in [0.717, 1.165) is 10.9 Å². The number of fused-ring (bicyclic) bond motifs is 1. The number of rotatable bonds is 3. The van der Waals surface area contributed by atoms with Gasteiger partial charge in [-0.2, -0.15) is 0 Å². The van der Waals surface area contributed by atoms with E-state index in [1.54, 1.807) is 18.0 Å². The van der Waals surface area contributed by atoms with Gasteiger partial charge in [-0.05, 0) is 6.07 Å². The monoisotopic (exact) mass is 272 g/mol. The molecular formula is C15H16N2O3. The number of likely N-dealkylation sites (tertiary alicyclic amines) is 1. The van der Waals surface area contributed by atoms with Crippen molar-refractivity contribution < 1.29 is 14.7 Å². The molecule has 1 fully saturated rings. The van der Waals surface area contributed by atoms with Crippen molar-refractivity contribution in [3.63, 3.8) is 0 Å². The molecule has 2 N–H and O–H groups in total. The van der Waals surface area contributed by atoms with Gasteiger partial charge in [0.2, 0.25) is 0 Å². The summed E-state index contributed by atoms with van der Waals surface area (Å²) in [5.41, 5.74) is 1.59. The van der Waals surface area contributed by atoms with Crippen molar-refractivity contribution in [2.24, 2.45) is 11.8 Å². The van der Waals surface area contributed by atoms with Gasteiger partial charge in [-0.3, -0.25) is 9.59 Å². The smallest absolute Gasteiger partial charge is 0.306 e. The Morgan fingerprint density at radius 1 is 1.35 bits per heavy atom. The van der Waals surface area contributed by atoms with Crippen molar-refractivity contribution in [1.29, 1.82) is 0 Å². The number of para-hydroxylation sites is 1. The largest absolute Gasteiger partial charge is 0.481 e. The Bertz CT molecular complexity index is 671. The Morgan fingerprint density at radius 2 is 2.05 bits per heavy atom. The van der Waals surface area contributed by atoms with Gasteiger partial charge in [-0.25, -0.2) is 0 Å². The van der Waals surface area contributed by atoms with E-state index in [9.17, 15) is 9.59 Å². The molecule has 1 aromatic carbocycles. The van der Waals surface area contributed by atoms with Crippen LogP contribution in [0.4, 0.5) is 0 Å². The highest BCUT2D eigenvalue weighted by Crippen LogP contribution is 2.27. The number of benzene rings is 1. The third-order valence-electron chi connectivity index (χ3n) is 4.11. The molecule has 3 rings (SSSR count). The lowest BCUT2D eigenvalue weighted by molar-refractivity contribution is -0.144. The summed E-state index contributed by atoms with van der Waals surface area (Å²) in [5.74, 6) is -1.17. The average Bonchev–Trinajstić information content (AvgIpc) is 2.80. The molecule has 1 saturated heterocycles. The van der Waals surface area contributed by atoms with E-state index < -0.39 is 11.9 Å². The highest BCUT2D eigenvalue weighted by Gasteiger charge is 2.37. The Hall–Kier alpha value is -2.30. The molecule has 2 aromatic rings. The van der Waals surface area contributed by atoms with Crippen molar-refractivity contribution in [1.82, 2.24) is 9.88 Å². The van der Waals surface area contributed by atoms with Crippen molar-refractivity contribution in [2.75, 3.05) is 13.1 Å². The Kier molecular flexibility index (Phi) is 2.97. The number of carbonyl (C=O) groups excluding carboxylic acids is 1. The molecule has 1 aliphatic rings. The maximum absolute atomic E-state index is 12.4. The van der Waals surface area contributed by atoms with Crippen LogP contribution in [0.2, 0.25) is 0 Å². The number of nitrogens with one attached hydrogen (secondary N) is 1. The van der Waals surface area contributed by atoms with Crippen LogP contribution in [0, 0.1) is 11.8 Å². The summed E-state index contributed by atoms with van der Waals surface area (Å²) < 4.78 is 0. The Balaban J connectivity index is 1.74. The molecule has 5 nitrogen and oxygen atoms in total. The van der Waals surface area contributed by atoms with Crippen LogP contribution in [0.25, 0.3) is 10.9 Å². The first kappa shape index (κ1) is 12.7. The van der Waals surface area contributed by atoms with Gasteiger partial charge in [0.25, 0.3) is 5.91 Å². The van der Waals surface area contributed by atoms with Gasteiger partial charge in [0.15, 0.2) is 0 Å². The molecule has 1 atom stereocenters. The molecule has 104 valence electrons. The molecule has 0 aliphatic carbocycles. The topological polar surface area (TPSA) is 73.4 Å². The van der Waals surface area contributed by atoms with Crippen LogP contribution in [0.15, 0.2) is 30.5 Å². The quantitative estimate of drug-likeness (QED) is 0.897. The van der Waals surface area contributed by atoms with Gasteiger partial charge < -0.3 is 15.0 Å². The predicted molar refractivity (Wildman–Crippen MR) is 74.5 cm³/mol. The fraction of sp³-hybridized carbons (Fsp3) is 0.333. The molecule has 1 aromatic heterocycles. The molecule has 0 saturated carbocycles. The van der Waals surface area contributed by atoms with Crippen LogP contribution in [0.5, 0.6) is 0 Å². The lowest BCUT2D eigenvalue weighted by atomic mass is 9.86. The first-order chi connectivity index (χ1) is 9.58. The molecular weight excluding hydrogens is 256 g/mol. The van der Waals surface area contributed by atoms with Crippen LogP contribution < -0.4 is 0 Å². The van der Waals surface area contributed by atoms with Gasteiger partial charge in [0, 0.05) is 36.1 Å². The van der Waals surface area contributed by atoms with Crippen LogP contribution >= 0.6 is 0 Å². The number of nitrogens with zero attached hydrogens (tertiary/aromatic N) is 1. The number of aliphatic carboxylic acids is 1. The maximum atomic E-state index is 12.4. The van der Waals surface area contributed by atoms with Crippen LogP contribution in [-0.2, 0) is 4.79 Å². The fourth-order valence-electron chi connectivity index (χ4n) is 2.62. The van der Waals surface area contributed by atoms with Crippen molar-refractivity contribution in [2.45, 2.75) is 6.92 Å². The van der Waals surface area contributed by atoms with Crippen LogP contribution in [0.3, 0.4) is 0 Å². The minimum Gasteiger partial charge on any atom is -0.481 e. The van der Waals surface area contributed by atoms with E-state index in [1.165, 1.54) is 0 Å². The summed E-state index contributed by atoms with van der Waals surface area (Å²) in [6.07, 6.45) is 1.72. The van der Waals surface area contributed by atoms with Crippen LogP contribution in [-0.4, -0.2) is 40.0 Å². The summed E-state index contributed by atoms with van der Waals surface area (Å²) in [7, 11) is 0. The predicted octanol–water partition coefficient (Wildman–Crippen LogP) is 1.96. The molecule has 0 bridgehead atoms. The van der Waals surface area contributed by atoms with Crippen LogP contribution in [0.1, 0.15) is 17.3 Å². The normalized spacial score (nSPS) is 16.9. The number of aromatic nitrogens is 1. The van der Waals surface area contributed by atoms with E-state index in [-0.39, 0.29) is 11.8 Å². The first-order valence-electron chi connectivity index (χ1n) is 6.66. The second-order valence-electron chi connectivity index (χ2n) is 5.35. The number of carbonyl (C=O) groups is 2. The number of carboxylic acids is 1. The van der Waals surface area contributed by atoms with Crippen molar-refractivity contribution in [3.05, 3.63) is 36.0 Å². The van der Waals surface area contributed by atoms with Gasteiger partial charge in [0.1, 0.15) is 0 Å². The maximum Gasteiger partial charge on any atom is 0.306 e. The highest BCUT2D eigenvalue weighted by atomic mass is 16.4. The molecule has 1 unspecified atom stereocenters. The Labute approximate surface area is 116 Å². The molecule has 0 radical (unpaired) electrons. The fourth-order valence-corrected chi connectivity index (χ4v) is 2.62. The summed E-state index contributed by atoms with van der Waals surface area (Å²) in [6, 6.07) is 7.66. The standard InChI is InChI=1S/C15H16N2O3/c1-9(15(19)20)10-7-17(8-10)14(18)12-6-16-13-5-3-2-4-11(12)13/h2-6,9-10,16H,7-8H2,1H3,(H,19,20). The number of aromatic amines is 1. The molecule has 1 aliphatic heterocycles. The van der Waals surface area contributed by atoms with E-state index in [1.807, 2.05) is 24.3 Å². The number of amides is 1. The van der Waals surface area contributed by atoms with Crippen molar-refractivity contribution in [3.8, 4) is 0 Å². The zero-order valence-electron chi connectivity index (χ0n) is 11.2. The van der Waals surface area contributed by atoms with Gasteiger partial charge in [-0.1, -0.05) is 25.1 Å². The summed E-state index contributed by atoms with van der Waals surface area (Å²) in [4.78, 5) is 28.1. The number of carboxylic acid groups (broad SMARTS) is 1. The van der Waals surface area contributed by atoms with E-state index in [2.05, 4.69) is 4.98 Å². The molecule has 1 amide bonds. The number of hydrogen-bond donors (Lipinski definition) is 2. The third kappa shape index (κ3) is 1.95. The minimum absolute atomic E-state index is 0.0312. The van der Waals surface area contributed by atoms with Gasteiger partial charge in [-0.15, -0.1) is 0 Å². The third-order valence-corrected chi connectivity index (χ3v) is 4.11. The highest BCUT2D eigenvalue weighted by molar-refractivity contribution is 6.07. The molecule has 20 heavy (non-hydrogen) atoms. The van der Waals surface area contributed by atoms with Crippen molar-refractivity contribution >= 4 is 22.8 Å². The summed E-state index contributed by atoms with van der Waals surface area (Å²) in [5, 5.41) is 9.87. The molecule has 2 heterocycles. The number of H-pyrrole nitrogens is 1. The lowest BCUT2D eigenvalue weighted by Gasteiger charge is -2.41.